The van der Waals surface area contributed by atoms with E-state index in [1.54, 1.807) is 6.07 Å². The van der Waals surface area contributed by atoms with Gasteiger partial charge in [0.15, 0.2) is 0 Å². The summed E-state index contributed by atoms with van der Waals surface area (Å²) in [7, 11) is 0. The molecule has 1 aliphatic rings. The van der Waals surface area contributed by atoms with Crippen molar-refractivity contribution in [2.45, 2.75) is 38.7 Å². The van der Waals surface area contributed by atoms with Gasteiger partial charge in [0.05, 0.1) is 6.10 Å². The number of fused-ring (bicyclic) bond motifs is 1. The Kier molecular flexibility index (Phi) is 3.37. The van der Waals surface area contributed by atoms with Crippen molar-refractivity contribution in [1.82, 2.24) is 0 Å². The molecule has 0 radical (unpaired) electrons. The Balaban J connectivity index is 2.37. The highest BCUT2D eigenvalue weighted by atomic mass is 19.1. The van der Waals surface area contributed by atoms with Gasteiger partial charge in [0.25, 0.3) is 0 Å². The van der Waals surface area contributed by atoms with E-state index in [4.69, 9.17) is 4.74 Å². The van der Waals surface area contributed by atoms with Gasteiger partial charge in [-0.05, 0) is 30.9 Å². The predicted molar refractivity (Wildman–Crippen MR) is 58.3 cm³/mol. The molecule has 1 aromatic rings. The molecule has 0 spiro atoms. The van der Waals surface area contributed by atoms with E-state index in [1.807, 2.05) is 6.07 Å². The molecule has 0 N–H and O–H groups in total. The van der Waals surface area contributed by atoms with Crippen LogP contribution in [0.25, 0.3) is 0 Å². The average Bonchev–Trinajstić information content (AvgIpc) is 2.42. The lowest BCUT2D eigenvalue weighted by molar-refractivity contribution is 0.0478. The Hall–Kier alpha value is -0.890. The topological polar surface area (TPSA) is 9.23 Å². The first-order valence-electron chi connectivity index (χ1n) is 5.71. The van der Waals surface area contributed by atoms with Gasteiger partial charge >= 0.3 is 0 Å². The molecule has 0 amide bonds. The first-order chi connectivity index (χ1) is 7.33. The van der Waals surface area contributed by atoms with E-state index < -0.39 is 0 Å². The Morgan fingerprint density at radius 3 is 3.13 bits per heavy atom. The van der Waals surface area contributed by atoms with Crippen molar-refractivity contribution in [1.29, 1.82) is 0 Å². The van der Waals surface area contributed by atoms with Gasteiger partial charge in [-0.25, -0.2) is 4.39 Å². The van der Waals surface area contributed by atoms with Gasteiger partial charge < -0.3 is 4.74 Å². The fraction of sp³-hybridized carbons (Fsp3) is 0.538. The predicted octanol–water partition coefficient (Wildman–Crippen LogP) is 3.63. The number of benzene rings is 1. The minimum Gasteiger partial charge on any atom is -0.373 e. The molecule has 0 aliphatic carbocycles. The van der Waals surface area contributed by atoms with Gasteiger partial charge in [-0.2, -0.15) is 0 Å². The van der Waals surface area contributed by atoms with Gasteiger partial charge in [0.1, 0.15) is 5.82 Å². The molecule has 2 heteroatoms. The van der Waals surface area contributed by atoms with Crippen molar-refractivity contribution in [3.05, 3.63) is 35.1 Å². The number of ether oxygens (including phenoxy) is 1. The standard InChI is InChI=1S/C13H17FO/c1-2-5-12-13-10(7-4-9-15-12)6-3-8-11(13)14/h3,6,8,12H,2,4-5,7,9H2,1H3/t12-/m1/s1. The monoisotopic (exact) mass is 208 g/mol. The molecular formula is C13H17FO. The van der Waals surface area contributed by atoms with E-state index in [9.17, 15) is 4.39 Å². The normalized spacial score (nSPS) is 20.8. The molecule has 0 fully saturated rings. The third kappa shape index (κ3) is 2.20. The minimum atomic E-state index is -0.104. The van der Waals surface area contributed by atoms with Crippen LogP contribution in [-0.4, -0.2) is 6.61 Å². The molecule has 1 heterocycles. The lowest BCUT2D eigenvalue weighted by atomic mass is 9.97. The highest BCUT2D eigenvalue weighted by Crippen LogP contribution is 2.31. The first kappa shape index (κ1) is 10.6. The van der Waals surface area contributed by atoms with Crippen molar-refractivity contribution in [2.75, 3.05) is 6.61 Å². The van der Waals surface area contributed by atoms with Crippen LogP contribution in [0.15, 0.2) is 18.2 Å². The molecule has 1 aliphatic heterocycles. The van der Waals surface area contributed by atoms with E-state index in [1.165, 1.54) is 6.07 Å². The average molecular weight is 208 g/mol. The van der Waals surface area contributed by atoms with E-state index in [0.717, 1.165) is 43.4 Å². The van der Waals surface area contributed by atoms with Crippen molar-refractivity contribution >= 4 is 0 Å². The summed E-state index contributed by atoms with van der Waals surface area (Å²) in [5, 5.41) is 0. The Bertz CT molecular complexity index is 335. The maximum atomic E-state index is 13.7. The smallest absolute Gasteiger partial charge is 0.129 e. The van der Waals surface area contributed by atoms with Crippen LogP contribution in [-0.2, 0) is 11.2 Å². The molecule has 82 valence electrons. The van der Waals surface area contributed by atoms with Gasteiger partial charge in [-0.1, -0.05) is 25.5 Å². The summed E-state index contributed by atoms with van der Waals surface area (Å²) in [6.07, 6.45) is 3.84. The van der Waals surface area contributed by atoms with Crippen LogP contribution in [0.2, 0.25) is 0 Å². The molecule has 15 heavy (non-hydrogen) atoms. The van der Waals surface area contributed by atoms with Crippen LogP contribution < -0.4 is 0 Å². The quantitative estimate of drug-likeness (QED) is 0.721. The maximum absolute atomic E-state index is 13.7. The molecule has 0 saturated carbocycles. The maximum Gasteiger partial charge on any atom is 0.129 e. The van der Waals surface area contributed by atoms with Crippen LogP contribution >= 0.6 is 0 Å². The molecular weight excluding hydrogens is 191 g/mol. The third-order valence-electron chi connectivity index (χ3n) is 2.93. The van der Waals surface area contributed by atoms with Gasteiger partial charge in [0, 0.05) is 12.2 Å². The van der Waals surface area contributed by atoms with Gasteiger partial charge in [-0.15, -0.1) is 0 Å². The number of halogens is 1. The molecule has 1 atom stereocenters. The van der Waals surface area contributed by atoms with Crippen molar-refractivity contribution < 1.29 is 9.13 Å². The van der Waals surface area contributed by atoms with E-state index in [-0.39, 0.29) is 11.9 Å². The van der Waals surface area contributed by atoms with E-state index >= 15 is 0 Å². The molecule has 1 nitrogen and oxygen atoms in total. The Morgan fingerprint density at radius 1 is 1.47 bits per heavy atom. The van der Waals surface area contributed by atoms with E-state index in [0.29, 0.717) is 0 Å². The Morgan fingerprint density at radius 2 is 2.33 bits per heavy atom. The zero-order valence-corrected chi connectivity index (χ0v) is 9.13. The second-order valence-corrected chi connectivity index (χ2v) is 4.06. The molecule has 2 rings (SSSR count). The lowest BCUT2D eigenvalue weighted by Crippen LogP contribution is -2.06. The molecule has 1 aromatic carbocycles. The zero-order chi connectivity index (χ0) is 10.7. The third-order valence-corrected chi connectivity index (χ3v) is 2.93. The van der Waals surface area contributed by atoms with Crippen LogP contribution in [0.1, 0.15) is 43.4 Å². The number of hydrogen-bond donors (Lipinski definition) is 0. The van der Waals surface area contributed by atoms with Crippen molar-refractivity contribution in [2.24, 2.45) is 0 Å². The van der Waals surface area contributed by atoms with Crippen molar-refractivity contribution in [3.63, 3.8) is 0 Å². The highest BCUT2D eigenvalue weighted by molar-refractivity contribution is 5.31. The summed E-state index contributed by atoms with van der Waals surface area (Å²) in [5.74, 6) is -0.104. The summed E-state index contributed by atoms with van der Waals surface area (Å²) >= 11 is 0. The van der Waals surface area contributed by atoms with E-state index in [2.05, 4.69) is 6.92 Å². The van der Waals surface area contributed by atoms with Crippen LogP contribution in [0.3, 0.4) is 0 Å². The SMILES string of the molecule is CCC[C@H]1OCCCc2cccc(F)c21. The Labute approximate surface area is 90.3 Å². The van der Waals surface area contributed by atoms with Crippen LogP contribution in [0.4, 0.5) is 4.39 Å². The second-order valence-electron chi connectivity index (χ2n) is 4.06. The minimum absolute atomic E-state index is 0.0336. The zero-order valence-electron chi connectivity index (χ0n) is 9.13. The lowest BCUT2D eigenvalue weighted by Gasteiger charge is -2.17. The van der Waals surface area contributed by atoms with Gasteiger partial charge in [0.2, 0.25) is 0 Å². The van der Waals surface area contributed by atoms with Crippen molar-refractivity contribution in [3.8, 4) is 0 Å². The largest absolute Gasteiger partial charge is 0.373 e. The molecule has 0 aromatic heterocycles. The summed E-state index contributed by atoms with van der Waals surface area (Å²) in [5.41, 5.74) is 1.93. The number of aryl methyl sites for hydroxylation is 1. The highest BCUT2D eigenvalue weighted by Gasteiger charge is 2.21. The fourth-order valence-corrected chi connectivity index (χ4v) is 2.22. The number of rotatable bonds is 2. The summed E-state index contributed by atoms with van der Waals surface area (Å²) in [6.45, 7) is 2.85. The van der Waals surface area contributed by atoms with Crippen LogP contribution in [0.5, 0.6) is 0 Å². The fourth-order valence-electron chi connectivity index (χ4n) is 2.22. The molecule has 0 bridgehead atoms. The first-order valence-corrected chi connectivity index (χ1v) is 5.71. The molecule has 0 unspecified atom stereocenters. The summed E-state index contributed by atoms with van der Waals surface area (Å²) < 4.78 is 19.5. The summed E-state index contributed by atoms with van der Waals surface area (Å²) in [4.78, 5) is 0. The number of hydrogen-bond acceptors (Lipinski definition) is 1. The van der Waals surface area contributed by atoms with Crippen LogP contribution in [0, 0.1) is 5.82 Å². The molecule has 0 saturated heterocycles. The second kappa shape index (κ2) is 4.75. The van der Waals surface area contributed by atoms with Gasteiger partial charge in [-0.3, -0.25) is 0 Å². The summed E-state index contributed by atoms with van der Waals surface area (Å²) in [6, 6.07) is 5.36.